The molecule has 3 aromatic rings. The summed E-state index contributed by atoms with van der Waals surface area (Å²) in [5, 5.41) is 7.79. The van der Waals surface area contributed by atoms with Crippen LogP contribution in [0.4, 0.5) is 5.69 Å². The molecular weight excluding hydrogens is 364 g/mol. The van der Waals surface area contributed by atoms with Gasteiger partial charge < -0.3 is 14.2 Å². The molecule has 0 unspecified atom stereocenters. The number of furan rings is 1. The zero-order chi connectivity index (χ0) is 19.0. The Morgan fingerprint density at radius 2 is 1.89 bits per heavy atom. The quantitative estimate of drug-likeness (QED) is 0.743. The molecule has 0 radical (unpaired) electrons. The zero-order valence-electron chi connectivity index (χ0n) is 15.3. The largest absolute Gasteiger partial charge is 0.460 e. The van der Waals surface area contributed by atoms with Crippen molar-refractivity contribution in [1.29, 1.82) is 0 Å². The third kappa shape index (κ3) is 3.57. The van der Waals surface area contributed by atoms with E-state index >= 15 is 0 Å². The van der Waals surface area contributed by atoms with Crippen LogP contribution in [0.15, 0.2) is 40.8 Å². The smallest absolute Gasteiger partial charge is 0.274 e. The van der Waals surface area contributed by atoms with E-state index in [4.69, 9.17) is 16.0 Å². The third-order valence-electron chi connectivity index (χ3n) is 4.88. The van der Waals surface area contributed by atoms with E-state index in [0.29, 0.717) is 30.2 Å². The predicted molar refractivity (Wildman–Crippen MR) is 105 cm³/mol. The SMILES string of the molecule is Cc1ccc(-c2cc(C(=O)N3CCN(c4cc(Cl)ccc4C)CC3)n[nH]2)o1. The lowest BCUT2D eigenvalue weighted by Crippen LogP contribution is -2.49. The van der Waals surface area contributed by atoms with Crippen LogP contribution in [0.25, 0.3) is 11.5 Å². The Labute approximate surface area is 162 Å². The number of nitrogens with one attached hydrogen (secondary N) is 1. The number of aromatic nitrogens is 2. The van der Waals surface area contributed by atoms with Gasteiger partial charge in [-0.3, -0.25) is 9.89 Å². The number of hydrogen-bond donors (Lipinski definition) is 1. The van der Waals surface area contributed by atoms with E-state index in [9.17, 15) is 4.79 Å². The third-order valence-corrected chi connectivity index (χ3v) is 5.12. The maximum atomic E-state index is 12.8. The number of nitrogens with zero attached hydrogens (tertiary/aromatic N) is 3. The van der Waals surface area contributed by atoms with Gasteiger partial charge in [-0.15, -0.1) is 0 Å². The molecule has 1 aromatic carbocycles. The lowest BCUT2D eigenvalue weighted by molar-refractivity contribution is 0.0741. The Balaban J connectivity index is 1.43. The van der Waals surface area contributed by atoms with E-state index in [-0.39, 0.29) is 5.91 Å². The minimum atomic E-state index is -0.0664. The highest BCUT2D eigenvalue weighted by molar-refractivity contribution is 6.30. The molecule has 0 aliphatic carbocycles. The topological polar surface area (TPSA) is 65.4 Å². The fourth-order valence-electron chi connectivity index (χ4n) is 3.37. The molecule has 1 amide bonds. The molecule has 27 heavy (non-hydrogen) atoms. The van der Waals surface area contributed by atoms with Gasteiger partial charge in [-0.1, -0.05) is 17.7 Å². The number of anilines is 1. The first-order valence-electron chi connectivity index (χ1n) is 8.94. The second-order valence-corrected chi connectivity index (χ2v) is 7.22. The molecular formula is C20H21ClN4O2. The molecule has 1 aliphatic heterocycles. The van der Waals surface area contributed by atoms with E-state index in [1.54, 1.807) is 6.07 Å². The normalized spacial score (nSPS) is 14.6. The van der Waals surface area contributed by atoms with Crippen molar-refractivity contribution in [2.24, 2.45) is 0 Å². The number of H-pyrrole nitrogens is 1. The fraction of sp³-hybridized carbons (Fsp3) is 0.300. The molecule has 1 aliphatic rings. The maximum absolute atomic E-state index is 12.8. The van der Waals surface area contributed by atoms with Crippen molar-refractivity contribution in [2.75, 3.05) is 31.1 Å². The number of aromatic amines is 1. The van der Waals surface area contributed by atoms with Crippen LogP contribution in [0.3, 0.4) is 0 Å². The summed E-state index contributed by atoms with van der Waals surface area (Å²) in [7, 11) is 0. The van der Waals surface area contributed by atoms with Crippen LogP contribution in [0.5, 0.6) is 0 Å². The van der Waals surface area contributed by atoms with Crippen molar-refractivity contribution in [3.05, 3.63) is 58.4 Å². The van der Waals surface area contributed by atoms with Crippen LogP contribution in [-0.2, 0) is 0 Å². The molecule has 6 nitrogen and oxygen atoms in total. The summed E-state index contributed by atoms with van der Waals surface area (Å²) in [6.07, 6.45) is 0. The molecule has 0 saturated carbocycles. The lowest BCUT2D eigenvalue weighted by atomic mass is 10.1. The van der Waals surface area contributed by atoms with Gasteiger partial charge in [0.25, 0.3) is 5.91 Å². The van der Waals surface area contributed by atoms with Crippen LogP contribution < -0.4 is 4.90 Å². The van der Waals surface area contributed by atoms with Crippen LogP contribution in [0, 0.1) is 13.8 Å². The maximum Gasteiger partial charge on any atom is 0.274 e. The van der Waals surface area contributed by atoms with E-state index in [2.05, 4.69) is 22.0 Å². The van der Waals surface area contributed by atoms with Crippen molar-refractivity contribution < 1.29 is 9.21 Å². The highest BCUT2D eigenvalue weighted by atomic mass is 35.5. The number of benzene rings is 1. The summed E-state index contributed by atoms with van der Waals surface area (Å²) in [5.41, 5.74) is 3.43. The van der Waals surface area contributed by atoms with Gasteiger partial charge in [-0.2, -0.15) is 5.10 Å². The lowest BCUT2D eigenvalue weighted by Gasteiger charge is -2.36. The first-order valence-corrected chi connectivity index (χ1v) is 9.31. The molecule has 2 aromatic heterocycles. The van der Waals surface area contributed by atoms with Gasteiger partial charge >= 0.3 is 0 Å². The van der Waals surface area contributed by atoms with Gasteiger partial charge in [-0.05, 0) is 43.7 Å². The van der Waals surface area contributed by atoms with Crippen LogP contribution >= 0.6 is 11.6 Å². The summed E-state index contributed by atoms with van der Waals surface area (Å²) >= 11 is 6.14. The van der Waals surface area contributed by atoms with E-state index < -0.39 is 0 Å². The molecule has 1 fully saturated rings. The molecule has 0 atom stereocenters. The van der Waals surface area contributed by atoms with Crippen LogP contribution in [0.1, 0.15) is 21.8 Å². The van der Waals surface area contributed by atoms with Gasteiger partial charge in [0.15, 0.2) is 11.5 Å². The van der Waals surface area contributed by atoms with Gasteiger partial charge in [-0.25, -0.2) is 0 Å². The monoisotopic (exact) mass is 384 g/mol. The van der Waals surface area contributed by atoms with E-state index in [1.807, 2.05) is 42.2 Å². The van der Waals surface area contributed by atoms with Crippen molar-refractivity contribution in [2.45, 2.75) is 13.8 Å². The number of halogens is 1. The highest BCUT2D eigenvalue weighted by Crippen LogP contribution is 2.26. The number of hydrogen-bond acceptors (Lipinski definition) is 4. The average molecular weight is 385 g/mol. The molecule has 0 bridgehead atoms. The van der Waals surface area contributed by atoms with Gasteiger partial charge in [0, 0.05) is 43.0 Å². The summed E-state index contributed by atoms with van der Waals surface area (Å²) < 4.78 is 5.58. The van der Waals surface area contributed by atoms with Crippen molar-refractivity contribution in [3.63, 3.8) is 0 Å². The predicted octanol–water partition coefficient (Wildman–Crippen LogP) is 3.90. The molecule has 0 spiro atoms. The summed E-state index contributed by atoms with van der Waals surface area (Å²) in [6, 6.07) is 11.4. The van der Waals surface area contributed by atoms with Crippen LogP contribution in [-0.4, -0.2) is 47.2 Å². The number of piperazine rings is 1. The molecule has 7 heteroatoms. The van der Waals surface area contributed by atoms with Crippen molar-refractivity contribution >= 4 is 23.2 Å². The van der Waals surface area contributed by atoms with Gasteiger partial charge in [0.2, 0.25) is 0 Å². The van der Waals surface area contributed by atoms with Crippen molar-refractivity contribution in [3.8, 4) is 11.5 Å². The van der Waals surface area contributed by atoms with Crippen molar-refractivity contribution in [1.82, 2.24) is 15.1 Å². The number of carbonyl (C=O) groups excluding carboxylic acids is 1. The second kappa shape index (κ2) is 7.12. The number of amides is 1. The minimum absolute atomic E-state index is 0.0664. The minimum Gasteiger partial charge on any atom is -0.460 e. The average Bonchev–Trinajstić information content (AvgIpc) is 3.32. The first kappa shape index (κ1) is 17.7. The Kier molecular flexibility index (Phi) is 4.66. The first-order chi connectivity index (χ1) is 13.0. The number of carbonyl (C=O) groups is 1. The van der Waals surface area contributed by atoms with Gasteiger partial charge in [0.1, 0.15) is 11.5 Å². The van der Waals surface area contributed by atoms with Crippen LogP contribution in [0.2, 0.25) is 5.02 Å². The fourth-order valence-corrected chi connectivity index (χ4v) is 3.54. The van der Waals surface area contributed by atoms with E-state index in [0.717, 1.165) is 29.6 Å². The zero-order valence-corrected chi connectivity index (χ0v) is 16.1. The standard InChI is InChI=1S/C20H21ClN4O2/c1-13-3-5-15(21)11-18(13)24-7-9-25(10-8-24)20(26)17-12-16(22-23-17)19-6-4-14(2)27-19/h3-6,11-12H,7-10H2,1-2H3,(H,22,23). The summed E-state index contributed by atoms with van der Waals surface area (Å²) in [5.74, 6) is 1.43. The highest BCUT2D eigenvalue weighted by Gasteiger charge is 2.25. The Morgan fingerprint density at radius 3 is 2.59 bits per heavy atom. The van der Waals surface area contributed by atoms with Gasteiger partial charge in [0.05, 0.1) is 0 Å². The molecule has 3 heterocycles. The number of aryl methyl sites for hydroxylation is 2. The Bertz CT molecular complexity index is 970. The summed E-state index contributed by atoms with van der Waals surface area (Å²) in [6.45, 7) is 6.78. The second-order valence-electron chi connectivity index (χ2n) is 6.79. The molecule has 4 rings (SSSR count). The Hall–Kier alpha value is -2.73. The summed E-state index contributed by atoms with van der Waals surface area (Å²) in [4.78, 5) is 16.9. The number of rotatable bonds is 3. The van der Waals surface area contributed by atoms with E-state index in [1.165, 1.54) is 5.56 Å². The molecule has 140 valence electrons. The Morgan fingerprint density at radius 1 is 1.11 bits per heavy atom. The molecule has 1 N–H and O–H groups in total. The molecule has 1 saturated heterocycles.